The first-order valence-electron chi connectivity index (χ1n) is 21.9. The third kappa shape index (κ3) is 6.49. The van der Waals surface area contributed by atoms with E-state index in [2.05, 4.69) is 247 Å². The Morgan fingerprint density at radius 2 is 1.00 bits per heavy atom. The van der Waals surface area contributed by atoms with Crippen LogP contribution in [0.2, 0.25) is 0 Å². The Balaban J connectivity index is 0.902. The maximum absolute atomic E-state index is 4.59. The van der Waals surface area contributed by atoms with Crippen LogP contribution in [0.1, 0.15) is 5.56 Å². The van der Waals surface area contributed by atoms with Crippen molar-refractivity contribution in [1.29, 1.82) is 0 Å². The Labute approximate surface area is 377 Å². The smallest absolute Gasteiger partial charge is 0.0493 e. The lowest BCUT2D eigenvalue weighted by Crippen LogP contribution is -2.18. The molecule has 0 saturated heterocycles. The molecule has 0 spiro atoms. The number of hydrogen-bond donors (Lipinski definition) is 0. The first-order chi connectivity index (χ1) is 31.7. The molecule has 2 nitrogen and oxygen atoms in total. The van der Waals surface area contributed by atoms with Crippen molar-refractivity contribution >= 4 is 97.8 Å². The van der Waals surface area contributed by atoms with Gasteiger partial charge in [-0.1, -0.05) is 164 Å². The summed E-state index contributed by atoms with van der Waals surface area (Å²) in [7, 11) is 0. The first kappa shape index (κ1) is 37.8. The van der Waals surface area contributed by atoms with Gasteiger partial charge in [0, 0.05) is 60.7 Å². The topological polar surface area (TPSA) is 6.48 Å². The van der Waals surface area contributed by atoms with Crippen molar-refractivity contribution in [2.24, 2.45) is 0 Å². The number of hydrogen-bond acceptors (Lipinski definition) is 3. The Morgan fingerprint density at radius 1 is 0.422 bits per heavy atom. The lowest BCUT2D eigenvalue weighted by Gasteiger charge is -2.28. The largest absolute Gasteiger partial charge is 0.337 e. The van der Waals surface area contributed by atoms with E-state index in [9.17, 15) is 0 Å². The lowest BCUT2D eigenvalue weighted by molar-refractivity contribution is 1.10. The van der Waals surface area contributed by atoms with Crippen LogP contribution in [-0.2, 0) is 0 Å². The molecule has 1 aromatic heterocycles. The fourth-order valence-corrected chi connectivity index (χ4v) is 10.9. The molecule has 302 valence electrons. The number of nitrogens with zero attached hydrogens (tertiary/aromatic N) is 2. The number of benzene rings is 10. The van der Waals surface area contributed by atoms with Crippen molar-refractivity contribution in [3.63, 3.8) is 0 Å². The normalized spacial score (nSPS) is 13.8. The SMILES string of the molecule is C=C1/C=C\C=C/CN(c2ccc3c4ccccc4c4ccccc4c3c2)c2ccc(-c3ccc(N(c4ccccc4)c4ccc(-c5cccc6sc7ccccc7c56)cc4)cc3)cc21. The molecular formula is C61H42N2S. The van der Waals surface area contributed by atoms with Gasteiger partial charge >= 0.3 is 0 Å². The molecule has 3 heteroatoms. The molecule has 0 atom stereocenters. The molecule has 0 N–H and O–H groups in total. The summed E-state index contributed by atoms with van der Waals surface area (Å²) >= 11 is 1.86. The molecule has 2 heterocycles. The number of rotatable bonds is 6. The summed E-state index contributed by atoms with van der Waals surface area (Å²) in [6, 6.07) is 75.4. The van der Waals surface area contributed by atoms with E-state index in [1.807, 2.05) is 11.3 Å². The minimum absolute atomic E-state index is 0.729. The predicted octanol–water partition coefficient (Wildman–Crippen LogP) is 17.6. The van der Waals surface area contributed by atoms with Crippen LogP contribution in [0.3, 0.4) is 0 Å². The molecule has 0 amide bonds. The summed E-state index contributed by atoms with van der Waals surface area (Å²) in [6.45, 7) is 5.32. The Bertz CT molecular complexity index is 3620. The monoisotopic (exact) mass is 834 g/mol. The van der Waals surface area contributed by atoms with Crippen LogP contribution in [0.5, 0.6) is 0 Å². The number of allylic oxidation sites excluding steroid dienone is 4. The Hall–Kier alpha value is -7.98. The van der Waals surface area contributed by atoms with Gasteiger partial charge in [-0.15, -0.1) is 11.3 Å². The van der Waals surface area contributed by atoms with Gasteiger partial charge in [0.15, 0.2) is 0 Å². The molecule has 10 aromatic carbocycles. The fraction of sp³-hybridized carbons (Fsp3) is 0.0164. The Kier molecular flexibility index (Phi) is 9.28. The van der Waals surface area contributed by atoms with Crippen LogP contribution in [-0.4, -0.2) is 6.54 Å². The van der Waals surface area contributed by atoms with E-state index in [0.717, 1.165) is 57.2 Å². The highest BCUT2D eigenvalue weighted by molar-refractivity contribution is 7.25. The summed E-state index contributed by atoms with van der Waals surface area (Å²) in [5.74, 6) is 0. The number of thiophene rings is 1. The summed E-state index contributed by atoms with van der Waals surface area (Å²) in [5, 5.41) is 10.3. The minimum atomic E-state index is 0.729. The van der Waals surface area contributed by atoms with Gasteiger partial charge in [-0.3, -0.25) is 0 Å². The molecular weight excluding hydrogens is 793 g/mol. The average molecular weight is 835 g/mol. The quantitative estimate of drug-likeness (QED) is 0.154. The van der Waals surface area contributed by atoms with Gasteiger partial charge in [0.05, 0.1) is 0 Å². The third-order valence-corrected chi connectivity index (χ3v) is 14.0. The number of fused-ring (bicyclic) bond motifs is 10. The molecule has 64 heavy (non-hydrogen) atoms. The first-order valence-corrected chi connectivity index (χ1v) is 22.7. The van der Waals surface area contributed by atoms with Crippen LogP contribution >= 0.6 is 11.3 Å². The highest BCUT2D eigenvalue weighted by atomic mass is 32.1. The summed E-state index contributed by atoms with van der Waals surface area (Å²) in [4.78, 5) is 4.76. The second-order valence-electron chi connectivity index (χ2n) is 16.5. The fourth-order valence-electron chi connectivity index (χ4n) is 9.75. The standard InChI is InChI=1S/C61H42N2S/c1-41-15-4-3-13-38-62(48-35-36-54-52-20-8-7-18-50(52)51-19-9-10-21-53(51)57(54)40-48)58-37-30-44(39-56(41)58)42-26-31-46(32-27-42)63(45-16-5-2-6-17-45)47-33-28-43(29-34-47)49-23-14-25-60-61(49)55-22-11-12-24-59(55)64-60/h2-37,39-40H,1,38H2/b13-3-,15-4-. The molecule has 11 aromatic rings. The zero-order chi connectivity index (χ0) is 42.6. The van der Waals surface area contributed by atoms with Crippen LogP contribution in [0, 0.1) is 0 Å². The predicted molar refractivity (Wildman–Crippen MR) is 278 cm³/mol. The zero-order valence-corrected chi connectivity index (χ0v) is 36.0. The number of anilines is 5. The van der Waals surface area contributed by atoms with E-state index in [0.29, 0.717) is 0 Å². The van der Waals surface area contributed by atoms with Crippen molar-refractivity contribution in [3.8, 4) is 22.3 Å². The van der Waals surface area contributed by atoms with Crippen LogP contribution in [0.25, 0.3) is 80.3 Å². The minimum Gasteiger partial charge on any atom is -0.337 e. The van der Waals surface area contributed by atoms with E-state index in [-0.39, 0.29) is 0 Å². The van der Waals surface area contributed by atoms with Gasteiger partial charge in [0.25, 0.3) is 0 Å². The van der Waals surface area contributed by atoms with Crippen molar-refractivity contribution in [3.05, 3.63) is 243 Å². The Morgan fingerprint density at radius 3 is 1.72 bits per heavy atom. The molecule has 0 aliphatic carbocycles. The molecule has 0 saturated carbocycles. The molecule has 0 unspecified atom stereocenters. The van der Waals surface area contributed by atoms with E-state index in [1.165, 1.54) is 63.6 Å². The molecule has 12 rings (SSSR count). The highest BCUT2D eigenvalue weighted by Crippen LogP contribution is 2.44. The van der Waals surface area contributed by atoms with Crippen LogP contribution < -0.4 is 9.80 Å². The summed E-state index contributed by atoms with van der Waals surface area (Å²) < 4.78 is 2.64. The maximum Gasteiger partial charge on any atom is 0.0493 e. The van der Waals surface area contributed by atoms with Crippen molar-refractivity contribution in [1.82, 2.24) is 0 Å². The van der Waals surface area contributed by atoms with Gasteiger partial charge in [-0.05, 0) is 133 Å². The van der Waals surface area contributed by atoms with Crippen LogP contribution in [0.15, 0.2) is 237 Å². The van der Waals surface area contributed by atoms with Crippen molar-refractivity contribution in [2.75, 3.05) is 16.3 Å². The van der Waals surface area contributed by atoms with Gasteiger partial charge in [0.1, 0.15) is 0 Å². The second-order valence-corrected chi connectivity index (χ2v) is 17.6. The molecule has 0 radical (unpaired) electrons. The van der Waals surface area contributed by atoms with Gasteiger partial charge in [-0.2, -0.15) is 0 Å². The lowest BCUT2D eigenvalue weighted by atomic mass is 9.93. The average Bonchev–Trinajstić information content (AvgIpc) is 3.77. The second kappa shape index (κ2) is 15.7. The molecule has 0 bridgehead atoms. The summed E-state index contributed by atoms with van der Waals surface area (Å²) in [5.41, 5.74) is 12.5. The van der Waals surface area contributed by atoms with Gasteiger partial charge in [-0.25, -0.2) is 0 Å². The highest BCUT2D eigenvalue weighted by Gasteiger charge is 2.19. The molecule has 1 aliphatic heterocycles. The van der Waals surface area contributed by atoms with E-state index in [1.54, 1.807) is 0 Å². The van der Waals surface area contributed by atoms with Gasteiger partial charge in [0.2, 0.25) is 0 Å². The van der Waals surface area contributed by atoms with Crippen molar-refractivity contribution in [2.45, 2.75) is 0 Å². The van der Waals surface area contributed by atoms with Crippen LogP contribution in [0.4, 0.5) is 28.4 Å². The maximum atomic E-state index is 4.59. The zero-order valence-electron chi connectivity index (χ0n) is 35.2. The van der Waals surface area contributed by atoms with E-state index >= 15 is 0 Å². The van der Waals surface area contributed by atoms with Gasteiger partial charge < -0.3 is 9.80 Å². The molecule has 1 aliphatic rings. The number of para-hydroxylation sites is 1. The van der Waals surface area contributed by atoms with E-state index in [4.69, 9.17) is 0 Å². The molecule has 0 fully saturated rings. The van der Waals surface area contributed by atoms with Crippen molar-refractivity contribution < 1.29 is 0 Å². The third-order valence-electron chi connectivity index (χ3n) is 12.8. The van der Waals surface area contributed by atoms with E-state index < -0.39 is 0 Å². The summed E-state index contributed by atoms with van der Waals surface area (Å²) in [6.07, 6.45) is 8.58.